The summed E-state index contributed by atoms with van der Waals surface area (Å²) < 4.78 is 0. The summed E-state index contributed by atoms with van der Waals surface area (Å²) in [4.78, 5) is 28.3. The van der Waals surface area contributed by atoms with Gasteiger partial charge in [0.25, 0.3) is 0 Å². The molecule has 1 saturated carbocycles. The summed E-state index contributed by atoms with van der Waals surface area (Å²) in [7, 11) is 2.25. The molecule has 152 valence electrons. The van der Waals surface area contributed by atoms with Gasteiger partial charge < -0.3 is 15.5 Å². The lowest BCUT2D eigenvalue weighted by Crippen LogP contribution is -2.51. The van der Waals surface area contributed by atoms with E-state index in [1.165, 1.54) is 25.1 Å². The summed E-state index contributed by atoms with van der Waals surface area (Å²) in [5.74, 6) is 0.237. The lowest BCUT2D eigenvalue weighted by Gasteiger charge is -2.42. The largest absolute Gasteiger partial charge is 0.372 e. The lowest BCUT2D eigenvalue weighted by atomic mass is 9.85. The van der Waals surface area contributed by atoms with E-state index in [9.17, 15) is 9.59 Å². The predicted octanol–water partition coefficient (Wildman–Crippen LogP) is 1.84. The molecule has 1 aromatic rings. The summed E-state index contributed by atoms with van der Waals surface area (Å²) in [6, 6.07) is 9.46. The van der Waals surface area contributed by atoms with Crippen LogP contribution in [0, 0.1) is 5.92 Å². The molecule has 6 heteroatoms. The highest BCUT2D eigenvalue weighted by Gasteiger charge is 2.31. The standard InChI is InChI=1S/C22H32N4O2/c1-25(19-12-17(23)13-19)14-15-8-10-26(11-9-15)18-4-2-16(3-5-18)20-6-7-21(27)24-22(20)28/h2-5,15,17,19-20H,6-14,23H2,1H3,(H,24,27,28). The molecule has 28 heavy (non-hydrogen) atoms. The molecule has 2 saturated heterocycles. The van der Waals surface area contributed by atoms with Crippen molar-refractivity contribution in [1.29, 1.82) is 0 Å². The highest BCUT2D eigenvalue weighted by molar-refractivity contribution is 6.00. The zero-order valence-corrected chi connectivity index (χ0v) is 16.8. The van der Waals surface area contributed by atoms with Crippen molar-refractivity contribution in [3.63, 3.8) is 0 Å². The van der Waals surface area contributed by atoms with E-state index < -0.39 is 0 Å². The highest BCUT2D eigenvalue weighted by Crippen LogP contribution is 2.30. The van der Waals surface area contributed by atoms with Crippen molar-refractivity contribution < 1.29 is 9.59 Å². The van der Waals surface area contributed by atoms with Crippen molar-refractivity contribution in [3.05, 3.63) is 29.8 Å². The summed E-state index contributed by atoms with van der Waals surface area (Å²) in [6.45, 7) is 3.35. The maximum absolute atomic E-state index is 12.1. The number of nitrogens with two attached hydrogens (primary N) is 1. The van der Waals surface area contributed by atoms with Crippen LogP contribution in [0.3, 0.4) is 0 Å². The molecular weight excluding hydrogens is 352 g/mol. The van der Waals surface area contributed by atoms with Gasteiger partial charge in [-0.2, -0.15) is 0 Å². The number of nitrogens with one attached hydrogen (secondary N) is 1. The van der Waals surface area contributed by atoms with Gasteiger partial charge in [-0.25, -0.2) is 0 Å². The summed E-state index contributed by atoms with van der Waals surface area (Å²) in [5, 5.41) is 2.45. The van der Waals surface area contributed by atoms with Crippen LogP contribution in [0.15, 0.2) is 24.3 Å². The Morgan fingerprint density at radius 3 is 2.39 bits per heavy atom. The van der Waals surface area contributed by atoms with Crippen molar-refractivity contribution in [2.24, 2.45) is 11.7 Å². The number of rotatable bonds is 5. The van der Waals surface area contributed by atoms with E-state index in [1.807, 2.05) is 0 Å². The van der Waals surface area contributed by atoms with E-state index in [1.54, 1.807) is 0 Å². The van der Waals surface area contributed by atoms with Gasteiger partial charge in [0.2, 0.25) is 11.8 Å². The quantitative estimate of drug-likeness (QED) is 0.758. The van der Waals surface area contributed by atoms with E-state index in [0.29, 0.717) is 24.9 Å². The lowest BCUT2D eigenvalue weighted by molar-refractivity contribution is -0.134. The molecule has 1 aliphatic carbocycles. The molecule has 1 atom stereocenters. The molecule has 0 bridgehead atoms. The van der Waals surface area contributed by atoms with Crippen molar-refractivity contribution in [3.8, 4) is 0 Å². The predicted molar refractivity (Wildman–Crippen MR) is 110 cm³/mol. The van der Waals surface area contributed by atoms with Crippen LogP contribution < -0.4 is 16.0 Å². The van der Waals surface area contributed by atoms with Crippen LogP contribution in [-0.2, 0) is 9.59 Å². The maximum atomic E-state index is 12.1. The molecule has 3 fully saturated rings. The van der Waals surface area contributed by atoms with Crippen molar-refractivity contribution >= 4 is 17.5 Å². The number of piperidine rings is 2. The second-order valence-electron chi connectivity index (χ2n) is 8.85. The Hall–Kier alpha value is -1.92. The molecule has 2 aliphatic heterocycles. The number of amides is 2. The topological polar surface area (TPSA) is 78.7 Å². The molecule has 3 N–H and O–H groups in total. The first-order valence-electron chi connectivity index (χ1n) is 10.6. The highest BCUT2D eigenvalue weighted by atomic mass is 16.2. The van der Waals surface area contributed by atoms with E-state index >= 15 is 0 Å². The molecule has 0 radical (unpaired) electrons. The summed E-state index contributed by atoms with van der Waals surface area (Å²) in [6.07, 6.45) is 5.77. The number of anilines is 1. The van der Waals surface area contributed by atoms with E-state index in [4.69, 9.17) is 5.73 Å². The number of hydrogen-bond donors (Lipinski definition) is 2. The zero-order valence-electron chi connectivity index (χ0n) is 16.8. The van der Waals surface area contributed by atoms with Crippen LogP contribution in [-0.4, -0.2) is 55.5 Å². The Balaban J connectivity index is 1.28. The second-order valence-corrected chi connectivity index (χ2v) is 8.85. The smallest absolute Gasteiger partial charge is 0.234 e. The van der Waals surface area contributed by atoms with Crippen LogP contribution in [0.4, 0.5) is 5.69 Å². The molecule has 2 amide bonds. The minimum atomic E-state index is -0.201. The third-order valence-corrected chi connectivity index (χ3v) is 6.83. The average molecular weight is 385 g/mol. The summed E-state index contributed by atoms with van der Waals surface area (Å²) >= 11 is 0. The molecule has 1 unspecified atom stereocenters. The second kappa shape index (κ2) is 8.21. The average Bonchev–Trinajstić information content (AvgIpc) is 2.66. The van der Waals surface area contributed by atoms with Crippen LogP contribution >= 0.6 is 0 Å². The van der Waals surface area contributed by atoms with E-state index in [0.717, 1.165) is 37.4 Å². The van der Waals surface area contributed by atoms with Crippen molar-refractivity contribution in [2.45, 2.75) is 56.5 Å². The molecule has 1 aromatic carbocycles. The Labute approximate surface area is 167 Å². The minimum absolute atomic E-state index is 0.161. The molecule has 2 heterocycles. The van der Waals surface area contributed by atoms with Crippen LogP contribution in [0.2, 0.25) is 0 Å². The van der Waals surface area contributed by atoms with Gasteiger partial charge in [0, 0.05) is 43.8 Å². The van der Waals surface area contributed by atoms with Gasteiger partial charge in [-0.15, -0.1) is 0 Å². The number of carbonyl (C=O) groups excluding carboxylic acids is 2. The minimum Gasteiger partial charge on any atom is -0.372 e. The molecule has 0 aromatic heterocycles. The van der Waals surface area contributed by atoms with Crippen molar-refractivity contribution in [1.82, 2.24) is 10.2 Å². The Bertz CT molecular complexity index is 706. The molecule has 6 nitrogen and oxygen atoms in total. The summed E-state index contributed by atoms with van der Waals surface area (Å²) in [5.41, 5.74) is 8.16. The maximum Gasteiger partial charge on any atom is 0.234 e. The Morgan fingerprint density at radius 2 is 1.79 bits per heavy atom. The first kappa shape index (κ1) is 19.4. The first-order valence-corrected chi connectivity index (χ1v) is 10.6. The van der Waals surface area contributed by atoms with Gasteiger partial charge in [-0.05, 0) is 62.8 Å². The van der Waals surface area contributed by atoms with Gasteiger partial charge in [0.15, 0.2) is 0 Å². The van der Waals surface area contributed by atoms with Gasteiger partial charge >= 0.3 is 0 Å². The normalized spacial score (nSPS) is 29.0. The van der Waals surface area contributed by atoms with E-state index in [2.05, 4.69) is 46.4 Å². The Morgan fingerprint density at radius 1 is 1.11 bits per heavy atom. The van der Waals surface area contributed by atoms with Gasteiger partial charge in [0.1, 0.15) is 0 Å². The number of benzene rings is 1. The Kier molecular flexibility index (Phi) is 5.69. The fourth-order valence-electron chi connectivity index (χ4n) is 4.85. The van der Waals surface area contributed by atoms with Crippen LogP contribution in [0.25, 0.3) is 0 Å². The zero-order chi connectivity index (χ0) is 19.7. The number of hydrogen-bond acceptors (Lipinski definition) is 5. The first-order chi connectivity index (χ1) is 13.5. The molecular formula is C22H32N4O2. The van der Waals surface area contributed by atoms with Crippen molar-refractivity contribution in [2.75, 3.05) is 31.6 Å². The van der Waals surface area contributed by atoms with Crippen LogP contribution in [0.5, 0.6) is 0 Å². The van der Waals surface area contributed by atoms with Gasteiger partial charge in [-0.3, -0.25) is 14.9 Å². The fraction of sp³-hybridized carbons (Fsp3) is 0.636. The van der Waals surface area contributed by atoms with Gasteiger partial charge in [-0.1, -0.05) is 12.1 Å². The third kappa shape index (κ3) is 4.23. The number of imide groups is 1. The SMILES string of the molecule is CN(CC1CCN(c2ccc(C3CCC(=O)NC3=O)cc2)CC1)C1CC(N)C1. The molecule has 4 rings (SSSR count). The van der Waals surface area contributed by atoms with Crippen LogP contribution in [0.1, 0.15) is 50.0 Å². The monoisotopic (exact) mass is 384 g/mol. The third-order valence-electron chi connectivity index (χ3n) is 6.83. The molecule has 3 aliphatic rings. The fourth-order valence-corrected chi connectivity index (χ4v) is 4.85. The molecule has 0 spiro atoms. The number of nitrogens with zero attached hydrogens (tertiary/aromatic N) is 2. The van der Waals surface area contributed by atoms with Gasteiger partial charge in [0.05, 0.1) is 5.92 Å². The van der Waals surface area contributed by atoms with E-state index in [-0.39, 0.29) is 17.7 Å². The number of carbonyl (C=O) groups is 2.